The number of fused-ring (bicyclic) bond motifs is 3. The minimum atomic E-state index is -1.17. The Balaban J connectivity index is 1.24. The number of carbonyl (C=O) groups is 4. The predicted molar refractivity (Wildman–Crippen MR) is 167 cm³/mol. The van der Waals surface area contributed by atoms with Gasteiger partial charge in [-0.2, -0.15) is 0 Å². The molecule has 0 aliphatic heterocycles. The van der Waals surface area contributed by atoms with Gasteiger partial charge >= 0.3 is 18.2 Å². The Kier molecular flexibility index (Phi) is 10.3. The molecule has 0 radical (unpaired) electrons. The van der Waals surface area contributed by atoms with E-state index in [1.807, 2.05) is 48.5 Å². The summed E-state index contributed by atoms with van der Waals surface area (Å²) in [7, 11) is 1.54. The van der Waals surface area contributed by atoms with Crippen LogP contribution >= 0.6 is 0 Å². The first-order valence-electron chi connectivity index (χ1n) is 14.6. The predicted octanol–water partition coefficient (Wildman–Crippen LogP) is 5.95. The Morgan fingerprint density at radius 2 is 1.48 bits per heavy atom. The molecule has 44 heavy (non-hydrogen) atoms. The molecule has 0 saturated heterocycles. The van der Waals surface area contributed by atoms with Crippen molar-refractivity contribution < 1.29 is 33.8 Å². The molecule has 0 bridgehead atoms. The number of nitrogens with one attached hydrogen (secondary N) is 2. The zero-order valence-electron chi connectivity index (χ0n) is 25.5. The highest BCUT2D eigenvalue weighted by molar-refractivity contribution is 6.03. The van der Waals surface area contributed by atoms with E-state index in [0.717, 1.165) is 22.3 Å². The first-order chi connectivity index (χ1) is 21.0. The van der Waals surface area contributed by atoms with Crippen molar-refractivity contribution in [3.05, 3.63) is 89.5 Å². The summed E-state index contributed by atoms with van der Waals surface area (Å²) in [6.45, 7) is 5.65. The van der Waals surface area contributed by atoms with Gasteiger partial charge in [0.2, 0.25) is 0 Å². The monoisotopic (exact) mass is 601 g/mol. The molecule has 3 N–H and O–H groups in total. The number of hydrogen-bond donors (Lipinski definition) is 3. The van der Waals surface area contributed by atoms with Gasteiger partial charge in [-0.05, 0) is 74.4 Å². The van der Waals surface area contributed by atoms with Crippen LogP contribution in [0.15, 0.2) is 72.8 Å². The number of hydrogen-bond acceptors (Lipinski definition) is 6. The molecule has 1 atom stereocenters. The normalized spacial score (nSPS) is 12.8. The topological polar surface area (TPSA) is 134 Å². The van der Waals surface area contributed by atoms with E-state index >= 15 is 0 Å². The minimum Gasteiger partial charge on any atom is -0.480 e. The Bertz CT molecular complexity index is 1470. The van der Waals surface area contributed by atoms with E-state index in [4.69, 9.17) is 9.47 Å². The number of anilines is 1. The molecule has 3 amide bonds. The van der Waals surface area contributed by atoms with E-state index in [1.54, 1.807) is 45.0 Å². The van der Waals surface area contributed by atoms with Crippen molar-refractivity contribution in [1.29, 1.82) is 0 Å². The highest BCUT2D eigenvalue weighted by Gasteiger charge is 2.30. The van der Waals surface area contributed by atoms with Gasteiger partial charge in [-0.3, -0.25) is 9.69 Å². The smallest absolute Gasteiger partial charge is 0.414 e. The molecule has 10 nitrogen and oxygen atoms in total. The fourth-order valence-electron chi connectivity index (χ4n) is 5.20. The molecule has 0 saturated carbocycles. The lowest BCUT2D eigenvalue weighted by molar-refractivity contribution is -0.139. The number of benzene rings is 3. The van der Waals surface area contributed by atoms with Crippen LogP contribution in [0.2, 0.25) is 0 Å². The van der Waals surface area contributed by atoms with Crippen LogP contribution in [-0.2, 0) is 14.3 Å². The van der Waals surface area contributed by atoms with Crippen molar-refractivity contribution in [3.63, 3.8) is 0 Å². The van der Waals surface area contributed by atoms with Gasteiger partial charge in [0.05, 0.1) is 11.3 Å². The molecule has 0 unspecified atom stereocenters. The number of para-hydroxylation sites is 1. The van der Waals surface area contributed by atoms with Gasteiger partial charge in [0, 0.05) is 19.5 Å². The van der Waals surface area contributed by atoms with E-state index in [1.165, 1.54) is 11.9 Å². The summed E-state index contributed by atoms with van der Waals surface area (Å²) in [5.41, 5.74) is 4.36. The molecule has 1 aliphatic rings. The van der Waals surface area contributed by atoms with Crippen LogP contribution in [0.1, 0.15) is 67.4 Å². The van der Waals surface area contributed by atoms with Gasteiger partial charge in [-0.1, -0.05) is 60.7 Å². The van der Waals surface area contributed by atoms with Crippen LogP contribution in [0, 0.1) is 0 Å². The summed E-state index contributed by atoms with van der Waals surface area (Å²) >= 11 is 0. The fourth-order valence-corrected chi connectivity index (χ4v) is 5.20. The molecule has 232 valence electrons. The average Bonchev–Trinajstić information content (AvgIpc) is 3.31. The van der Waals surface area contributed by atoms with Crippen LogP contribution < -0.4 is 15.5 Å². The summed E-state index contributed by atoms with van der Waals surface area (Å²) in [5, 5.41) is 14.9. The number of ether oxygens (including phenoxy) is 2. The second kappa shape index (κ2) is 14.1. The molecular weight excluding hydrogens is 562 g/mol. The van der Waals surface area contributed by atoms with Gasteiger partial charge in [-0.15, -0.1) is 0 Å². The summed E-state index contributed by atoms with van der Waals surface area (Å²) in [6.07, 6.45) is -0.306. The SMILES string of the molecule is CN(C(=O)OC(C)(C)C)c1ccccc1C(=O)NCCCC[C@H](NC(=O)OCC1c2ccccc2-c2ccccc21)C(=O)O. The summed E-state index contributed by atoms with van der Waals surface area (Å²) in [4.78, 5) is 51.1. The quantitative estimate of drug-likeness (QED) is 0.231. The summed E-state index contributed by atoms with van der Waals surface area (Å²) in [5.74, 6) is -1.67. The molecule has 3 aromatic carbocycles. The number of amides is 3. The number of alkyl carbamates (subject to hydrolysis) is 1. The highest BCUT2D eigenvalue weighted by atomic mass is 16.6. The first kappa shape index (κ1) is 32.1. The van der Waals surface area contributed by atoms with Crippen molar-refractivity contribution >= 4 is 29.8 Å². The van der Waals surface area contributed by atoms with Gasteiger partial charge in [0.15, 0.2) is 0 Å². The maximum Gasteiger partial charge on any atom is 0.414 e. The van der Waals surface area contributed by atoms with E-state index < -0.39 is 29.8 Å². The zero-order valence-corrected chi connectivity index (χ0v) is 25.5. The maximum absolute atomic E-state index is 12.9. The van der Waals surface area contributed by atoms with Crippen LogP contribution in [-0.4, -0.2) is 61.0 Å². The molecule has 0 spiro atoms. The number of rotatable bonds is 11. The molecule has 10 heteroatoms. The van der Waals surface area contributed by atoms with Crippen molar-refractivity contribution in [3.8, 4) is 11.1 Å². The fraction of sp³-hybridized carbons (Fsp3) is 0.353. The van der Waals surface area contributed by atoms with Gasteiger partial charge in [0.1, 0.15) is 18.2 Å². The molecule has 0 aromatic heterocycles. The van der Waals surface area contributed by atoms with Crippen molar-refractivity contribution in [2.24, 2.45) is 0 Å². The maximum atomic E-state index is 12.9. The summed E-state index contributed by atoms with van der Waals surface area (Å²) in [6, 6.07) is 21.5. The van der Waals surface area contributed by atoms with Crippen molar-refractivity contribution in [2.75, 3.05) is 25.1 Å². The standard InChI is InChI=1S/C34H39N3O7/c1-34(2,3)44-33(42)37(4)29-19-10-9-17-26(29)30(38)35-20-12-11-18-28(31(39)40)36-32(41)43-21-27-24-15-7-5-13-22(24)23-14-6-8-16-25(23)27/h5-10,13-17,19,27-28H,11-12,18,20-21H2,1-4H3,(H,35,38)(H,36,41)(H,39,40)/t28-/m0/s1. The van der Waals surface area contributed by atoms with E-state index in [0.29, 0.717) is 24.1 Å². The number of carboxylic acids is 1. The third-order valence-corrected chi connectivity index (χ3v) is 7.32. The zero-order chi connectivity index (χ0) is 31.9. The third kappa shape index (κ3) is 7.94. The average molecular weight is 602 g/mol. The number of aliphatic carboxylic acids is 1. The highest BCUT2D eigenvalue weighted by Crippen LogP contribution is 2.44. The van der Waals surface area contributed by atoms with Gasteiger partial charge in [0.25, 0.3) is 5.91 Å². The van der Waals surface area contributed by atoms with Crippen molar-refractivity contribution in [1.82, 2.24) is 10.6 Å². The molecular formula is C34H39N3O7. The molecule has 1 aliphatic carbocycles. The lowest BCUT2D eigenvalue weighted by atomic mass is 9.98. The molecule has 0 heterocycles. The third-order valence-electron chi connectivity index (χ3n) is 7.32. The first-order valence-corrected chi connectivity index (χ1v) is 14.6. The van der Waals surface area contributed by atoms with Gasteiger partial charge < -0.3 is 25.2 Å². The molecule has 4 rings (SSSR count). The Hall–Kier alpha value is -4.86. The van der Waals surface area contributed by atoms with E-state index in [9.17, 15) is 24.3 Å². The number of carbonyl (C=O) groups excluding carboxylic acids is 3. The largest absolute Gasteiger partial charge is 0.480 e. The Morgan fingerprint density at radius 3 is 2.09 bits per heavy atom. The molecule has 3 aromatic rings. The minimum absolute atomic E-state index is 0.0861. The van der Waals surface area contributed by atoms with E-state index in [2.05, 4.69) is 10.6 Å². The Labute approximate surface area is 257 Å². The van der Waals surface area contributed by atoms with Crippen molar-refractivity contribution in [2.45, 2.75) is 57.6 Å². The number of carboxylic acid groups (broad SMARTS) is 1. The van der Waals surface area contributed by atoms with Crippen LogP contribution in [0.4, 0.5) is 15.3 Å². The molecule has 0 fully saturated rings. The lowest BCUT2D eigenvalue weighted by Gasteiger charge is -2.25. The second-order valence-electron chi connectivity index (χ2n) is 11.7. The summed E-state index contributed by atoms with van der Waals surface area (Å²) < 4.78 is 10.9. The van der Waals surface area contributed by atoms with Crippen LogP contribution in [0.25, 0.3) is 11.1 Å². The van der Waals surface area contributed by atoms with E-state index in [-0.39, 0.29) is 31.4 Å². The number of unbranched alkanes of at least 4 members (excludes halogenated alkanes) is 1. The lowest BCUT2D eigenvalue weighted by Crippen LogP contribution is -2.41. The second-order valence-corrected chi connectivity index (χ2v) is 11.7. The van der Waals surface area contributed by atoms with Crippen LogP contribution in [0.3, 0.4) is 0 Å². The van der Waals surface area contributed by atoms with Crippen LogP contribution in [0.5, 0.6) is 0 Å². The number of nitrogens with zero attached hydrogens (tertiary/aromatic N) is 1. The van der Waals surface area contributed by atoms with Gasteiger partial charge in [-0.25, -0.2) is 14.4 Å². The Morgan fingerprint density at radius 1 is 0.886 bits per heavy atom.